The highest BCUT2D eigenvalue weighted by atomic mass is 35.5. The number of nitrogens with one attached hydrogen (secondary N) is 3. The lowest BCUT2D eigenvalue weighted by molar-refractivity contribution is 0.252. The van der Waals surface area contributed by atoms with Crippen molar-refractivity contribution >= 4 is 46.1 Å². The second-order valence-corrected chi connectivity index (χ2v) is 5.48. The first kappa shape index (κ1) is 16.7. The Hall–Kier alpha value is -3.13. The fourth-order valence-corrected chi connectivity index (χ4v) is 2.26. The Morgan fingerprint density at radius 1 is 1.20 bits per heavy atom. The first-order chi connectivity index (χ1) is 12.0. The molecule has 0 radical (unpaired) electrons. The number of benzene rings is 1. The van der Waals surface area contributed by atoms with E-state index in [1.807, 2.05) is 6.92 Å². The number of halogens is 1. The molecule has 3 rings (SSSR count). The summed E-state index contributed by atoms with van der Waals surface area (Å²) in [7, 11) is 0. The predicted octanol–water partition coefficient (Wildman–Crippen LogP) is 3.27. The van der Waals surface area contributed by atoms with Gasteiger partial charge in [0.05, 0.1) is 11.2 Å². The first-order valence-corrected chi connectivity index (χ1v) is 7.87. The van der Waals surface area contributed by atoms with E-state index in [1.54, 1.807) is 24.3 Å². The molecule has 0 saturated heterocycles. The summed E-state index contributed by atoms with van der Waals surface area (Å²) >= 11 is 5.89. The molecular formula is C16H15ClN6O2. The molecule has 0 unspecified atom stereocenters. The van der Waals surface area contributed by atoms with Gasteiger partial charge in [-0.1, -0.05) is 11.6 Å². The maximum atomic E-state index is 11.6. The van der Waals surface area contributed by atoms with E-state index in [0.29, 0.717) is 35.0 Å². The zero-order chi connectivity index (χ0) is 17.8. The molecule has 0 saturated carbocycles. The van der Waals surface area contributed by atoms with Crippen LogP contribution in [-0.4, -0.2) is 32.6 Å². The van der Waals surface area contributed by atoms with Gasteiger partial charge in [-0.15, -0.1) is 0 Å². The predicted molar refractivity (Wildman–Crippen MR) is 96.4 cm³/mol. The second kappa shape index (κ2) is 7.18. The van der Waals surface area contributed by atoms with Gasteiger partial charge in [0.2, 0.25) is 0 Å². The minimum Gasteiger partial charge on any atom is -0.506 e. The van der Waals surface area contributed by atoms with Crippen molar-refractivity contribution in [1.29, 1.82) is 0 Å². The third-order valence-electron chi connectivity index (χ3n) is 3.21. The molecule has 0 fully saturated rings. The van der Waals surface area contributed by atoms with E-state index in [2.05, 4.69) is 30.9 Å². The molecule has 0 aliphatic heterocycles. The molecule has 4 N–H and O–H groups in total. The number of phenolic OH excluding ortho intramolecular Hbond substituents is 1. The number of nitrogens with zero attached hydrogens (tertiary/aromatic N) is 3. The minimum absolute atomic E-state index is 0.00521. The van der Waals surface area contributed by atoms with Crippen molar-refractivity contribution < 1.29 is 9.90 Å². The lowest BCUT2D eigenvalue weighted by Crippen LogP contribution is -2.28. The summed E-state index contributed by atoms with van der Waals surface area (Å²) in [5, 5.41) is 18.0. The van der Waals surface area contributed by atoms with Gasteiger partial charge in [-0.2, -0.15) is 0 Å². The fraction of sp³-hybridized carbons (Fsp3) is 0.125. The molecule has 8 nitrogen and oxygen atoms in total. The summed E-state index contributed by atoms with van der Waals surface area (Å²) in [5.74, 6) is 0.833. The molecule has 25 heavy (non-hydrogen) atoms. The third kappa shape index (κ3) is 4.04. The minimum atomic E-state index is -0.357. The van der Waals surface area contributed by atoms with E-state index in [1.165, 1.54) is 12.3 Å². The Labute approximate surface area is 148 Å². The zero-order valence-electron chi connectivity index (χ0n) is 13.2. The van der Waals surface area contributed by atoms with Crippen molar-refractivity contribution in [2.24, 2.45) is 0 Å². The zero-order valence-corrected chi connectivity index (χ0v) is 14.0. The summed E-state index contributed by atoms with van der Waals surface area (Å²) in [6.45, 7) is 2.33. The molecule has 0 aliphatic carbocycles. The van der Waals surface area contributed by atoms with Crippen molar-refractivity contribution in [3.8, 4) is 5.75 Å². The molecule has 0 bridgehead atoms. The van der Waals surface area contributed by atoms with Gasteiger partial charge in [-0.05, 0) is 37.3 Å². The quantitative estimate of drug-likeness (QED) is 0.532. The normalized spacial score (nSPS) is 10.5. The number of aromatic nitrogens is 3. The molecule has 2 heterocycles. The van der Waals surface area contributed by atoms with Crippen LogP contribution in [0.5, 0.6) is 5.75 Å². The number of rotatable bonds is 4. The Morgan fingerprint density at radius 3 is 2.76 bits per heavy atom. The Bertz CT molecular complexity index is 934. The molecule has 0 spiro atoms. The van der Waals surface area contributed by atoms with Crippen LogP contribution in [0.4, 0.5) is 22.1 Å². The van der Waals surface area contributed by atoms with Crippen molar-refractivity contribution in [2.75, 3.05) is 17.2 Å². The van der Waals surface area contributed by atoms with E-state index >= 15 is 0 Å². The monoisotopic (exact) mass is 358 g/mol. The number of urea groups is 1. The number of fused-ring (bicyclic) bond motifs is 1. The number of hydrogen-bond donors (Lipinski definition) is 4. The van der Waals surface area contributed by atoms with Gasteiger partial charge in [0.15, 0.2) is 11.5 Å². The van der Waals surface area contributed by atoms with Crippen LogP contribution < -0.4 is 16.0 Å². The first-order valence-electron chi connectivity index (χ1n) is 7.49. The van der Waals surface area contributed by atoms with Crippen LogP contribution in [0.15, 0.2) is 36.5 Å². The molecule has 2 aromatic heterocycles. The number of amides is 2. The lowest BCUT2D eigenvalue weighted by atomic mass is 10.3. The fourth-order valence-electron chi connectivity index (χ4n) is 2.08. The third-order valence-corrected chi connectivity index (χ3v) is 3.51. The number of aromatic hydroxyl groups is 1. The van der Waals surface area contributed by atoms with Gasteiger partial charge in [0.1, 0.15) is 17.1 Å². The highest BCUT2D eigenvalue weighted by Crippen LogP contribution is 2.27. The Balaban J connectivity index is 1.84. The van der Waals surface area contributed by atoms with Crippen molar-refractivity contribution in [3.63, 3.8) is 0 Å². The van der Waals surface area contributed by atoms with Crippen molar-refractivity contribution in [2.45, 2.75) is 6.92 Å². The maximum Gasteiger partial charge on any atom is 0.320 e. The van der Waals surface area contributed by atoms with Crippen LogP contribution in [0, 0.1) is 0 Å². The van der Waals surface area contributed by atoms with Crippen molar-refractivity contribution in [1.82, 2.24) is 20.3 Å². The Morgan fingerprint density at radius 2 is 2.00 bits per heavy atom. The standard InChI is InChI=1S/C16H15ClN6O2/c1-2-18-16(25)23-14-8-19-11-4-6-13(21-15(11)22-14)20-9-3-5-12(24)10(17)7-9/h3-8,24H,2H2,1H3,(H3,18,20,21,22,23,25). The van der Waals surface area contributed by atoms with E-state index in [4.69, 9.17) is 11.6 Å². The summed E-state index contributed by atoms with van der Waals surface area (Å²) in [5.41, 5.74) is 1.64. The number of anilines is 3. The van der Waals surface area contributed by atoms with E-state index < -0.39 is 0 Å². The van der Waals surface area contributed by atoms with Crippen LogP contribution in [-0.2, 0) is 0 Å². The average Bonchev–Trinajstić information content (AvgIpc) is 2.58. The molecule has 128 valence electrons. The lowest BCUT2D eigenvalue weighted by Gasteiger charge is -2.08. The van der Waals surface area contributed by atoms with Gasteiger partial charge >= 0.3 is 6.03 Å². The second-order valence-electron chi connectivity index (χ2n) is 5.07. The maximum absolute atomic E-state index is 11.6. The SMILES string of the molecule is CCNC(=O)Nc1cnc2ccc(Nc3ccc(O)c(Cl)c3)nc2n1. The van der Waals surface area contributed by atoms with Gasteiger partial charge in [-0.3, -0.25) is 5.32 Å². The number of phenols is 1. The molecule has 2 amide bonds. The van der Waals surface area contributed by atoms with Gasteiger partial charge < -0.3 is 15.7 Å². The van der Waals surface area contributed by atoms with Gasteiger partial charge in [0, 0.05) is 12.2 Å². The summed E-state index contributed by atoms with van der Waals surface area (Å²) in [4.78, 5) is 24.4. The molecule has 3 aromatic rings. The number of carbonyl (C=O) groups excluding carboxylic acids is 1. The summed E-state index contributed by atoms with van der Waals surface area (Å²) in [6.07, 6.45) is 1.46. The molecule has 0 atom stereocenters. The molecule has 0 aliphatic rings. The summed E-state index contributed by atoms with van der Waals surface area (Å²) < 4.78 is 0. The van der Waals surface area contributed by atoms with Crippen LogP contribution >= 0.6 is 11.6 Å². The van der Waals surface area contributed by atoms with Crippen molar-refractivity contribution in [3.05, 3.63) is 41.6 Å². The Kier molecular flexibility index (Phi) is 4.80. The van der Waals surface area contributed by atoms with Crippen LogP contribution in [0.2, 0.25) is 5.02 Å². The number of carbonyl (C=O) groups is 1. The van der Waals surface area contributed by atoms with Crippen LogP contribution in [0.1, 0.15) is 6.92 Å². The van der Waals surface area contributed by atoms with Gasteiger partial charge in [0.25, 0.3) is 0 Å². The van der Waals surface area contributed by atoms with E-state index in [-0.39, 0.29) is 16.8 Å². The van der Waals surface area contributed by atoms with Crippen LogP contribution in [0.3, 0.4) is 0 Å². The highest BCUT2D eigenvalue weighted by molar-refractivity contribution is 6.32. The van der Waals surface area contributed by atoms with Crippen LogP contribution in [0.25, 0.3) is 11.2 Å². The molecular weight excluding hydrogens is 344 g/mol. The average molecular weight is 359 g/mol. The molecule has 9 heteroatoms. The highest BCUT2D eigenvalue weighted by Gasteiger charge is 2.07. The molecule has 1 aromatic carbocycles. The van der Waals surface area contributed by atoms with E-state index in [0.717, 1.165) is 0 Å². The number of hydrogen-bond acceptors (Lipinski definition) is 6. The van der Waals surface area contributed by atoms with Gasteiger partial charge in [-0.25, -0.2) is 19.7 Å². The smallest absolute Gasteiger partial charge is 0.320 e. The number of pyridine rings is 1. The topological polar surface area (TPSA) is 112 Å². The summed E-state index contributed by atoms with van der Waals surface area (Å²) in [6, 6.07) is 7.89. The largest absolute Gasteiger partial charge is 0.506 e. The van der Waals surface area contributed by atoms with E-state index in [9.17, 15) is 9.90 Å².